The highest BCUT2D eigenvalue weighted by Crippen LogP contribution is 2.05. The topological polar surface area (TPSA) is 42.0 Å². The normalized spacial score (nSPS) is 9.27. The van der Waals surface area contributed by atoms with Crippen molar-refractivity contribution in [1.29, 1.82) is 0 Å². The van der Waals surface area contributed by atoms with Crippen LogP contribution in [0.5, 0.6) is 0 Å². The number of rotatable bonds is 1. The van der Waals surface area contributed by atoms with E-state index in [0.717, 1.165) is 5.56 Å². The molecule has 0 aliphatic carbocycles. The number of aromatic nitrogens is 1. The van der Waals surface area contributed by atoms with Gasteiger partial charge in [0.25, 0.3) is 0 Å². The fourth-order valence-corrected chi connectivity index (χ4v) is 0.802. The Balaban J connectivity index is 2.79. The van der Waals surface area contributed by atoms with Gasteiger partial charge in [0, 0.05) is 6.20 Å². The Morgan fingerprint density at radius 3 is 3.00 bits per heavy atom. The van der Waals surface area contributed by atoms with E-state index >= 15 is 0 Å². The van der Waals surface area contributed by atoms with Gasteiger partial charge in [-0.2, -0.15) is 0 Å². The Bertz CT molecular complexity index is 275. The van der Waals surface area contributed by atoms with Crippen molar-refractivity contribution in [2.75, 3.05) is 5.32 Å². The van der Waals surface area contributed by atoms with E-state index in [1.807, 2.05) is 13.0 Å². The maximum absolute atomic E-state index is 10.3. The number of hydrogen-bond donors (Lipinski definition) is 1. The molecule has 0 bridgehead atoms. The van der Waals surface area contributed by atoms with Crippen LogP contribution < -0.4 is 5.32 Å². The zero-order chi connectivity index (χ0) is 8.27. The molecule has 0 aliphatic rings. The molecule has 0 spiro atoms. The molecule has 0 fully saturated rings. The molecule has 3 nitrogen and oxygen atoms in total. The highest BCUT2D eigenvalue weighted by molar-refractivity contribution is 6.65. The summed E-state index contributed by atoms with van der Waals surface area (Å²) in [5.74, 6) is 0.477. The molecule has 0 radical (unpaired) electrons. The molecule has 1 amide bonds. The average Bonchev–Trinajstić information content (AvgIpc) is 1.85. The quantitative estimate of drug-likeness (QED) is 0.519. The molecular formula is C7H7ClN2O. The first-order valence-corrected chi connectivity index (χ1v) is 3.45. The summed E-state index contributed by atoms with van der Waals surface area (Å²) in [6, 6.07) is 3.57. The van der Waals surface area contributed by atoms with Gasteiger partial charge in [0.2, 0.25) is 0 Å². The average molecular weight is 171 g/mol. The molecule has 0 atom stereocenters. The van der Waals surface area contributed by atoms with E-state index in [0.29, 0.717) is 5.82 Å². The maximum atomic E-state index is 10.3. The maximum Gasteiger partial charge on any atom is 0.319 e. The molecule has 1 aromatic heterocycles. The van der Waals surface area contributed by atoms with E-state index in [1.165, 1.54) is 0 Å². The Morgan fingerprint density at radius 2 is 2.45 bits per heavy atom. The van der Waals surface area contributed by atoms with E-state index < -0.39 is 5.37 Å². The molecule has 4 heteroatoms. The van der Waals surface area contributed by atoms with Gasteiger partial charge in [0.05, 0.1) is 0 Å². The fourth-order valence-electron chi connectivity index (χ4n) is 0.705. The van der Waals surface area contributed by atoms with Gasteiger partial charge in [-0.25, -0.2) is 4.98 Å². The number of anilines is 1. The number of carbonyl (C=O) groups is 1. The number of halogens is 1. The number of aryl methyl sites for hydroxylation is 1. The number of hydrogen-bond acceptors (Lipinski definition) is 2. The van der Waals surface area contributed by atoms with Crippen molar-refractivity contribution in [2.24, 2.45) is 0 Å². The van der Waals surface area contributed by atoms with Crippen LogP contribution in [0.25, 0.3) is 0 Å². The molecule has 0 aliphatic heterocycles. The van der Waals surface area contributed by atoms with Crippen molar-refractivity contribution in [3.63, 3.8) is 0 Å². The second-order valence-electron chi connectivity index (χ2n) is 2.12. The fraction of sp³-hybridized carbons (Fsp3) is 0.143. The third-order valence-electron chi connectivity index (χ3n) is 1.14. The highest BCUT2D eigenvalue weighted by atomic mass is 35.5. The molecule has 58 valence electrons. The third kappa shape index (κ3) is 2.55. The summed E-state index contributed by atoms with van der Waals surface area (Å²) in [6.07, 6.45) is 1.61. The Kier molecular flexibility index (Phi) is 2.44. The molecule has 1 aromatic rings. The summed E-state index contributed by atoms with van der Waals surface area (Å²) in [4.78, 5) is 14.2. The van der Waals surface area contributed by atoms with Gasteiger partial charge in [-0.15, -0.1) is 0 Å². The zero-order valence-electron chi connectivity index (χ0n) is 5.97. The van der Waals surface area contributed by atoms with Crippen LogP contribution in [-0.2, 0) is 0 Å². The van der Waals surface area contributed by atoms with Crippen molar-refractivity contribution in [3.8, 4) is 0 Å². The zero-order valence-corrected chi connectivity index (χ0v) is 6.72. The number of nitrogens with one attached hydrogen (secondary N) is 1. The smallest absolute Gasteiger partial charge is 0.297 e. The molecule has 1 rings (SSSR count). The SMILES string of the molecule is Cc1ccnc(NC(=O)Cl)c1. The van der Waals surface area contributed by atoms with Gasteiger partial charge in [0.1, 0.15) is 5.82 Å². The number of carbonyl (C=O) groups excluding carboxylic acids is 1. The Labute approximate surface area is 69.4 Å². The van der Waals surface area contributed by atoms with E-state index in [9.17, 15) is 4.79 Å². The van der Waals surface area contributed by atoms with Gasteiger partial charge in [0.15, 0.2) is 0 Å². The van der Waals surface area contributed by atoms with Crippen molar-refractivity contribution in [2.45, 2.75) is 6.92 Å². The molecular weight excluding hydrogens is 164 g/mol. The van der Waals surface area contributed by atoms with Crippen molar-refractivity contribution < 1.29 is 4.79 Å². The Hall–Kier alpha value is -1.09. The van der Waals surface area contributed by atoms with E-state index in [-0.39, 0.29) is 0 Å². The second-order valence-corrected chi connectivity index (χ2v) is 2.46. The van der Waals surface area contributed by atoms with Crippen LogP contribution in [0.2, 0.25) is 0 Å². The van der Waals surface area contributed by atoms with Gasteiger partial charge in [-0.1, -0.05) is 0 Å². The highest BCUT2D eigenvalue weighted by Gasteiger charge is 1.96. The van der Waals surface area contributed by atoms with Crippen LogP contribution >= 0.6 is 11.6 Å². The van der Waals surface area contributed by atoms with Crippen LogP contribution in [-0.4, -0.2) is 10.4 Å². The van der Waals surface area contributed by atoms with Crippen LogP contribution in [0.15, 0.2) is 18.3 Å². The van der Waals surface area contributed by atoms with Crippen molar-refractivity contribution >= 4 is 22.8 Å². The predicted molar refractivity (Wildman–Crippen MR) is 43.8 cm³/mol. The lowest BCUT2D eigenvalue weighted by Crippen LogP contribution is -2.02. The minimum Gasteiger partial charge on any atom is -0.297 e. The molecule has 0 aromatic carbocycles. The summed E-state index contributed by atoms with van der Waals surface area (Å²) in [7, 11) is 0. The first-order valence-electron chi connectivity index (χ1n) is 3.07. The Morgan fingerprint density at radius 1 is 1.73 bits per heavy atom. The van der Waals surface area contributed by atoms with Crippen LogP contribution in [0, 0.1) is 6.92 Å². The lowest BCUT2D eigenvalue weighted by atomic mass is 10.3. The second kappa shape index (κ2) is 3.34. The lowest BCUT2D eigenvalue weighted by Gasteiger charge is -1.98. The van der Waals surface area contributed by atoms with E-state index in [4.69, 9.17) is 11.6 Å². The van der Waals surface area contributed by atoms with E-state index in [1.54, 1.807) is 12.3 Å². The summed E-state index contributed by atoms with van der Waals surface area (Å²) in [5.41, 5.74) is 1.03. The molecule has 0 saturated heterocycles. The molecule has 1 N–H and O–H groups in total. The predicted octanol–water partition coefficient (Wildman–Crippen LogP) is 2.16. The van der Waals surface area contributed by atoms with Gasteiger partial charge < -0.3 is 0 Å². The van der Waals surface area contributed by atoms with Crippen molar-refractivity contribution in [3.05, 3.63) is 23.9 Å². The third-order valence-corrected chi connectivity index (χ3v) is 1.24. The minimum absolute atomic E-state index is 0.477. The molecule has 11 heavy (non-hydrogen) atoms. The van der Waals surface area contributed by atoms with Crippen LogP contribution in [0.4, 0.5) is 10.6 Å². The standard InChI is InChI=1S/C7H7ClN2O/c1-5-2-3-9-6(4-5)10-7(8)11/h2-4H,1H3,(H,9,10,11). The number of amides is 1. The lowest BCUT2D eigenvalue weighted by molar-refractivity contribution is 0.269. The number of nitrogens with zero attached hydrogens (tertiary/aromatic N) is 1. The van der Waals surface area contributed by atoms with Gasteiger partial charge >= 0.3 is 5.37 Å². The molecule has 0 unspecified atom stereocenters. The van der Waals surface area contributed by atoms with Crippen LogP contribution in [0.3, 0.4) is 0 Å². The van der Waals surface area contributed by atoms with Gasteiger partial charge in [-0.05, 0) is 36.2 Å². The monoisotopic (exact) mass is 170 g/mol. The summed E-state index contributed by atoms with van der Waals surface area (Å²) in [6.45, 7) is 1.91. The molecule has 1 heterocycles. The van der Waals surface area contributed by atoms with E-state index in [2.05, 4.69) is 10.3 Å². The largest absolute Gasteiger partial charge is 0.319 e. The first kappa shape index (κ1) is 8.01. The minimum atomic E-state index is -0.622. The summed E-state index contributed by atoms with van der Waals surface area (Å²) < 4.78 is 0. The number of pyridine rings is 1. The van der Waals surface area contributed by atoms with Crippen molar-refractivity contribution in [1.82, 2.24) is 4.98 Å². The summed E-state index contributed by atoms with van der Waals surface area (Å²) >= 11 is 5.07. The summed E-state index contributed by atoms with van der Waals surface area (Å²) in [5, 5.41) is 1.74. The first-order chi connectivity index (χ1) is 5.18. The molecule has 0 saturated carbocycles. The van der Waals surface area contributed by atoms with Gasteiger partial charge in [-0.3, -0.25) is 10.1 Å². The van der Waals surface area contributed by atoms with Crippen LogP contribution in [0.1, 0.15) is 5.56 Å².